The second-order valence-corrected chi connectivity index (χ2v) is 4.71. The average molecular weight is 320 g/mol. The molecule has 0 spiro atoms. The van der Waals surface area contributed by atoms with Crippen LogP contribution in [0.3, 0.4) is 0 Å². The largest absolute Gasteiger partial charge is 0.481 e. The first-order valence-electron chi connectivity index (χ1n) is 6.68. The molecule has 0 atom stereocenters. The van der Waals surface area contributed by atoms with Crippen molar-refractivity contribution in [1.29, 1.82) is 0 Å². The average Bonchev–Trinajstić information content (AvgIpc) is 2.52. The van der Waals surface area contributed by atoms with Crippen molar-refractivity contribution < 1.29 is 38.7 Å². The van der Waals surface area contributed by atoms with Crippen LogP contribution in [0.25, 0.3) is 0 Å². The fourth-order valence-corrected chi connectivity index (χ4v) is 2.06. The van der Waals surface area contributed by atoms with Crippen LogP contribution in [0.2, 0.25) is 0 Å². The molecule has 0 aliphatic carbocycles. The van der Waals surface area contributed by atoms with Gasteiger partial charge in [-0.3, -0.25) is 14.4 Å². The van der Waals surface area contributed by atoms with E-state index >= 15 is 0 Å². The molecule has 1 N–H and O–H groups in total. The lowest BCUT2D eigenvalue weighted by Crippen LogP contribution is -2.42. The quantitative estimate of drug-likeness (QED) is 0.439. The van der Waals surface area contributed by atoms with Crippen molar-refractivity contribution in [1.82, 2.24) is 0 Å². The van der Waals surface area contributed by atoms with Crippen molar-refractivity contribution in [2.45, 2.75) is 44.1 Å². The number of carboxylic acids is 1. The molecule has 0 unspecified atom stereocenters. The SMILES string of the molecule is COC(=O)CCC(CCC(=O)O)(CCC(=O)OC)[N+](=O)OC. The lowest BCUT2D eigenvalue weighted by molar-refractivity contribution is -0.848. The Morgan fingerprint density at radius 1 is 0.909 bits per heavy atom. The van der Waals surface area contributed by atoms with Crippen molar-refractivity contribution in [3.63, 3.8) is 0 Å². The topological polar surface area (TPSA) is 119 Å². The summed E-state index contributed by atoms with van der Waals surface area (Å²) >= 11 is 0. The summed E-state index contributed by atoms with van der Waals surface area (Å²) in [4.78, 5) is 50.4. The van der Waals surface area contributed by atoms with E-state index in [9.17, 15) is 19.3 Å². The van der Waals surface area contributed by atoms with Crippen molar-refractivity contribution in [2.24, 2.45) is 0 Å². The van der Waals surface area contributed by atoms with Crippen LogP contribution >= 0.6 is 0 Å². The maximum absolute atomic E-state index is 12.0. The van der Waals surface area contributed by atoms with Gasteiger partial charge in [0.15, 0.2) is 7.11 Å². The zero-order valence-corrected chi connectivity index (χ0v) is 13.0. The maximum atomic E-state index is 12.0. The Labute approximate surface area is 128 Å². The van der Waals surface area contributed by atoms with E-state index in [0.717, 1.165) is 7.11 Å². The third kappa shape index (κ3) is 6.51. The first kappa shape index (κ1) is 19.8. The Balaban J connectivity index is 5.20. The second kappa shape index (κ2) is 9.69. The molecule has 0 amide bonds. The highest BCUT2D eigenvalue weighted by atomic mass is 16.8. The predicted octanol–water partition coefficient (Wildman–Crippen LogP) is 0.837. The molecular formula is C13H22NO8+. The summed E-state index contributed by atoms with van der Waals surface area (Å²) in [5.41, 5.74) is -1.32. The molecule has 0 fully saturated rings. The third-order valence-electron chi connectivity index (χ3n) is 3.40. The molecule has 0 aromatic carbocycles. The van der Waals surface area contributed by atoms with E-state index in [2.05, 4.69) is 14.3 Å². The van der Waals surface area contributed by atoms with Crippen LogP contribution in [-0.2, 0) is 28.7 Å². The molecule has 0 aromatic rings. The number of ether oxygens (including phenoxy) is 2. The van der Waals surface area contributed by atoms with E-state index in [1.807, 2.05) is 0 Å². The molecular weight excluding hydrogens is 298 g/mol. The first-order chi connectivity index (χ1) is 10.3. The number of rotatable bonds is 11. The minimum Gasteiger partial charge on any atom is -0.481 e. The summed E-state index contributed by atoms with van der Waals surface area (Å²) in [5.74, 6) is -2.17. The molecule has 0 bridgehead atoms. The monoisotopic (exact) mass is 320 g/mol. The highest BCUT2D eigenvalue weighted by Crippen LogP contribution is 2.30. The van der Waals surface area contributed by atoms with E-state index in [-0.39, 0.29) is 43.4 Å². The minimum absolute atomic E-state index is 0.00128. The van der Waals surface area contributed by atoms with Gasteiger partial charge in [0.2, 0.25) is 4.92 Å². The number of hydrogen-bond acceptors (Lipinski definition) is 7. The lowest BCUT2D eigenvalue weighted by Gasteiger charge is -2.21. The maximum Gasteiger partial charge on any atom is 0.305 e. The van der Waals surface area contributed by atoms with Gasteiger partial charge in [0.25, 0.3) is 5.54 Å². The predicted molar refractivity (Wildman–Crippen MR) is 72.7 cm³/mol. The van der Waals surface area contributed by atoms with Crippen LogP contribution in [0.15, 0.2) is 0 Å². The fourth-order valence-electron chi connectivity index (χ4n) is 2.06. The highest BCUT2D eigenvalue weighted by molar-refractivity contribution is 5.70. The Morgan fingerprint density at radius 2 is 1.32 bits per heavy atom. The third-order valence-corrected chi connectivity index (χ3v) is 3.40. The van der Waals surface area contributed by atoms with Crippen molar-refractivity contribution in [3.05, 3.63) is 4.91 Å². The van der Waals surface area contributed by atoms with Crippen LogP contribution in [0.5, 0.6) is 0 Å². The lowest BCUT2D eigenvalue weighted by atomic mass is 9.84. The van der Waals surface area contributed by atoms with Gasteiger partial charge in [-0.25, -0.2) is 4.84 Å². The minimum atomic E-state index is -1.32. The second-order valence-electron chi connectivity index (χ2n) is 4.71. The number of carboxylic acid groups (broad SMARTS) is 1. The summed E-state index contributed by atoms with van der Waals surface area (Å²) in [5, 5.41) is 8.83. The summed E-state index contributed by atoms with van der Waals surface area (Å²) in [6.45, 7) is 0. The molecule has 126 valence electrons. The Kier molecular flexibility index (Phi) is 8.73. The highest BCUT2D eigenvalue weighted by Gasteiger charge is 2.49. The Morgan fingerprint density at radius 3 is 1.64 bits per heavy atom. The summed E-state index contributed by atoms with van der Waals surface area (Å²) < 4.78 is 9.05. The van der Waals surface area contributed by atoms with Crippen LogP contribution in [0.1, 0.15) is 38.5 Å². The van der Waals surface area contributed by atoms with Gasteiger partial charge in [-0.15, -0.1) is 0 Å². The number of carbonyl (C=O) groups excluding carboxylic acids is 2. The van der Waals surface area contributed by atoms with Gasteiger partial charge < -0.3 is 14.6 Å². The molecule has 22 heavy (non-hydrogen) atoms. The first-order valence-corrected chi connectivity index (χ1v) is 6.68. The standard InChI is InChI=1S/C13H21NO8/c1-20-11(17)5-8-13(14(19)22-3,7-4-10(15)16)9-6-12(18)21-2/h4-9H2,1-3H3/p+1. The molecule has 0 aliphatic heterocycles. The number of methoxy groups -OCH3 is 2. The zero-order valence-electron chi connectivity index (χ0n) is 13.0. The molecule has 0 aromatic heterocycles. The number of aliphatic carboxylic acids is 1. The van der Waals surface area contributed by atoms with Crippen LogP contribution in [0, 0.1) is 4.91 Å². The number of carbonyl (C=O) groups is 3. The van der Waals surface area contributed by atoms with Gasteiger partial charge in [0, 0.05) is 19.3 Å². The fraction of sp³-hybridized carbons (Fsp3) is 0.769. The molecule has 0 saturated carbocycles. The van der Waals surface area contributed by atoms with Gasteiger partial charge in [0.05, 0.1) is 38.4 Å². The van der Waals surface area contributed by atoms with Crippen LogP contribution in [-0.4, -0.2) is 54.8 Å². The normalized spacial score (nSPS) is 10.7. The van der Waals surface area contributed by atoms with E-state index in [1.165, 1.54) is 14.2 Å². The molecule has 0 saturated heterocycles. The van der Waals surface area contributed by atoms with Crippen molar-refractivity contribution in [3.8, 4) is 0 Å². The van der Waals surface area contributed by atoms with Crippen molar-refractivity contribution in [2.75, 3.05) is 21.3 Å². The molecule has 0 radical (unpaired) electrons. The van der Waals surface area contributed by atoms with Crippen molar-refractivity contribution >= 4 is 17.9 Å². The van der Waals surface area contributed by atoms with E-state index in [1.54, 1.807) is 0 Å². The zero-order chi connectivity index (χ0) is 17.2. The Hall–Kier alpha value is -2.19. The van der Waals surface area contributed by atoms with E-state index < -0.39 is 23.4 Å². The van der Waals surface area contributed by atoms with Gasteiger partial charge in [-0.2, -0.15) is 0 Å². The van der Waals surface area contributed by atoms with Crippen LogP contribution < -0.4 is 0 Å². The van der Waals surface area contributed by atoms with E-state index in [0.29, 0.717) is 0 Å². The van der Waals surface area contributed by atoms with Gasteiger partial charge in [-0.05, 0) is 0 Å². The van der Waals surface area contributed by atoms with Gasteiger partial charge in [-0.1, -0.05) is 0 Å². The molecule has 0 rings (SSSR count). The Bertz CT molecular complexity index is 400. The van der Waals surface area contributed by atoms with Crippen LogP contribution in [0.4, 0.5) is 0 Å². The molecule has 9 heteroatoms. The molecule has 9 nitrogen and oxygen atoms in total. The molecule has 0 heterocycles. The smallest absolute Gasteiger partial charge is 0.305 e. The number of esters is 2. The van der Waals surface area contributed by atoms with Gasteiger partial charge in [0.1, 0.15) is 0 Å². The summed E-state index contributed by atoms with van der Waals surface area (Å²) in [7, 11) is 3.56. The summed E-state index contributed by atoms with van der Waals surface area (Å²) in [6.07, 6.45) is -0.570. The molecule has 0 aliphatic rings. The van der Waals surface area contributed by atoms with Gasteiger partial charge >= 0.3 is 17.9 Å². The summed E-state index contributed by atoms with van der Waals surface area (Å²) in [6, 6.07) is 0. The van der Waals surface area contributed by atoms with E-state index in [4.69, 9.17) is 5.11 Å². The number of nitrogens with zero attached hydrogens (tertiary/aromatic N) is 1. The number of hydrogen-bond donors (Lipinski definition) is 1.